The van der Waals surface area contributed by atoms with Crippen LogP contribution in [-0.2, 0) is 0 Å². The minimum absolute atomic E-state index is 0.331. The van der Waals surface area contributed by atoms with Crippen molar-refractivity contribution in [2.75, 3.05) is 5.32 Å². The van der Waals surface area contributed by atoms with Crippen molar-refractivity contribution >= 4 is 40.3 Å². The van der Waals surface area contributed by atoms with Gasteiger partial charge in [0.15, 0.2) is 0 Å². The second-order valence-corrected chi connectivity index (χ2v) is 5.03. The van der Waals surface area contributed by atoms with Crippen LogP contribution in [0.5, 0.6) is 0 Å². The molecule has 0 aliphatic carbocycles. The van der Waals surface area contributed by atoms with Crippen LogP contribution in [0.3, 0.4) is 0 Å². The lowest BCUT2D eigenvalue weighted by Crippen LogP contribution is -2.23. The first kappa shape index (κ1) is 14.2. The highest BCUT2D eigenvalue weighted by atomic mass is 35.5. The molecular weight excluding hydrogens is 300 g/mol. The number of nitrogens with zero attached hydrogens (tertiary/aromatic N) is 1. The highest BCUT2D eigenvalue weighted by Gasteiger charge is 2.02. The number of halogens is 1. The van der Waals surface area contributed by atoms with Gasteiger partial charge in [0.2, 0.25) is 0 Å². The van der Waals surface area contributed by atoms with E-state index in [0.717, 1.165) is 16.5 Å². The van der Waals surface area contributed by atoms with E-state index in [1.165, 1.54) is 0 Å². The van der Waals surface area contributed by atoms with Gasteiger partial charge in [-0.2, -0.15) is 5.10 Å². The minimum atomic E-state index is -0.331. The molecule has 3 N–H and O–H groups in total. The van der Waals surface area contributed by atoms with Gasteiger partial charge in [-0.3, -0.25) is 5.10 Å². The van der Waals surface area contributed by atoms with E-state index < -0.39 is 0 Å². The molecule has 5 nitrogen and oxygen atoms in total. The Bertz CT molecular complexity index is 841. The molecule has 1 aromatic heterocycles. The Morgan fingerprint density at radius 2 is 2.09 bits per heavy atom. The molecule has 0 bridgehead atoms. The Balaban J connectivity index is 1.61. The fourth-order valence-electron chi connectivity index (χ4n) is 2.00. The zero-order valence-electron chi connectivity index (χ0n) is 11.5. The number of carbonyl (C=O) groups excluding carboxylic acids is 1. The average Bonchev–Trinajstić information content (AvgIpc) is 2.97. The number of aromatic nitrogens is 2. The number of aromatic amines is 1. The maximum absolute atomic E-state index is 11.8. The topological polar surface area (TPSA) is 69.8 Å². The van der Waals surface area contributed by atoms with Crippen LogP contribution in [0.2, 0.25) is 5.02 Å². The number of nitrogens with one attached hydrogen (secondary N) is 3. The molecule has 22 heavy (non-hydrogen) atoms. The van der Waals surface area contributed by atoms with E-state index in [-0.39, 0.29) is 6.03 Å². The van der Waals surface area contributed by atoms with Crippen LogP contribution >= 0.6 is 11.6 Å². The van der Waals surface area contributed by atoms with Crippen molar-refractivity contribution in [2.24, 2.45) is 0 Å². The molecule has 0 fully saturated rings. The van der Waals surface area contributed by atoms with Gasteiger partial charge < -0.3 is 10.6 Å². The number of hydrogen-bond acceptors (Lipinski definition) is 2. The van der Waals surface area contributed by atoms with Crippen LogP contribution in [0.4, 0.5) is 10.5 Å². The third-order valence-corrected chi connectivity index (χ3v) is 3.43. The summed E-state index contributed by atoms with van der Waals surface area (Å²) in [7, 11) is 0. The predicted octanol–water partition coefficient (Wildman–Crippen LogP) is 4.01. The van der Waals surface area contributed by atoms with E-state index in [1.807, 2.05) is 36.4 Å². The molecule has 0 saturated carbocycles. The summed E-state index contributed by atoms with van der Waals surface area (Å²) in [6.07, 6.45) is 5.01. The Hall–Kier alpha value is -2.79. The molecular formula is C16H13ClN4O. The SMILES string of the molecule is O=C(N/C=C/c1ccccc1Cl)Nc1ccc2cn[nH]c2c1. The number of carbonyl (C=O) groups is 1. The largest absolute Gasteiger partial charge is 0.323 e. The molecule has 3 rings (SSSR count). The number of urea groups is 1. The first-order valence-electron chi connectivity index (χ1n) is 6.64. The highest BCUT2D eigenvalue weighted by Crippen LogP contribution is 2.17. The van der Waals surface area contributed by atoms with Crippen LogP contribution < -0.4 is 10.6 Å². The van der Waals surface area contributed by atoms with Crippen LogP contribution in [0.1, 0.15) is 5.56 Å². The van der Waals surface area contributed by atoms with Crippen molar-refractivity contribution in [3.05, 3.63) is 65.4 Å². The van der Waals surface area contributed by atoms with Crippen molar-refractivity contribution in [3.63, 3.8) is 0 Å². The molecule has 0 saturated heterocycles. The number of hydrogen-bond donors (Lipinski definition) is 3. The maximum Gasteiger partial charge on any atom is 0.323 e. The van der Waals surface area contributed by atoms with Gasteiger partial charge in [0, 0.05) is 22.3 Å². The van der Waals surface area contributed by atoms with Gasteiger partial charge in [-0.15, -0.1) is 0 Å². The van der Waals surface area contributed by atoms with Crippen molar-refractivity contribution < 1.29 is 4.79 Å². The lowest BCUT2D eigenvalue weighted by molar-refractivity contribution is 0.255. The molecule has 0 aliphatic rings. The second kappa shape index (κ2) is 6.32. The summed E-state index contributed by atoms with van der Waals surface area (Å²) in [5, 5.41) is 13.8. The zero-order chi connectivity index (χ0) is 15.4. The summed E-state index contributed by atoms with van der Waals surface area (Å²) in [6, 6.07) is 12.6. The molecule has 1 heterocycles. The summed E-state index contributed by atoms with van der Waals surface area (Å²) in [5.41, 5.74) is 2.38. The van der Waals surface area contributed by atoms with E-state index in [0.29, 0.717) is 10.7 Å². The third-order valence-electron chi connectivity index (χ3n) is 3.08. The van der Waals surface area contributed by atoms with Gasteiger partial charge in [-0.25, -0.2) is 4.79 Å². The maximum atomic E-state index is 11.8. The highest BCUT2D eigenvalue weighted by molar-refractivity contribution is 6.32. The van der Waals surface area contributed by atoms with Gasteiger partial charge in [0.1, 0.15) is 0 Å². The number of H-pyrrole nitrogens is 1. The van der Waals surface area contributed by atoms with Gasteiger partial charge >= 0.3 is 6.03 Å². The van der Waals surface area contributed by atoms with Crippen molar-refractivity contribution in [3.8, 4) is 0 Å². The summed E-state index contributed by atoms with van der Waals surface area (Å²) < 4.78 is 0. The van der Waals surface area contributed by atoms with E-state index in [1.54, 1.807) is 24.5 Å². The van der Waals surface area contributed by atoms with Crippen LogP contribution in [-0.4, -0.2) is 16.2 Å². The number of rotatable bonds is 3. The second-order valence-electron chi connectivity index (χ2n) is 4.63. The van der Waals surface area contributed by atoms with E-state index in [9.17, 15) is 4.79 Å². The van der Waals surface area contributed by atoms with Crippen molar-refractivity contribution in [2.45, 2.75) is 0 Å². The number of benzene rings is 2. The molecule has 110 valence electrons. The van der Waals surface area contributed by atoms with Crippen LogP contribution in [0, 0.1) is 0 Å². The fourth-order valence-corrected chi connectivity index (χ4v) is 2.20. The predicted molar refractivity (Wildman–Crippen MR) is 88.7 cm³/mol. The zero-order valence-corrected chi connectivity index (χ0v) is 12.3. The lowest BCUT2D eigenvalue weighted by atomic mass is 10.2. The third kappa shape index (κ3) is 3.27. The van der Waals surface area contributed by atoms with Gasteiger partial charge in [0.25, 0.3) is 0 Å². The summed E-state index contributed by atoms with van der Waals surface area (Å²) in [5.74, 6) is 0. The number of anilines is 1. The van der Waals surface area contributed by atoms with E-state index >= 15 is 0 Å². The Morgan fingerprint density at radius 3 is 2.95 bits per heavy atom. The number of fused-ring (bicyclic) bond motifs is 1. The first-order valence-corrected chi connectivity index (χ1v) is 7.02. The normalized spacial score (nSPS) is 11.0. The average molecular weight is 313 g/mol. The Morgan fingerprint density at radius 1 is 1.23 bits per heavy atom. The van der Waals surface area contributed by atoms with Crippen molar-refractivity contribution in [1.29, 1.82) is 0 Å². The molecule has 0 spiro atoms. The standard InChI is InChI=1S/C16H13ClN4O/c17-14-4-2-1-3-11(14)7-8-18-16(22)20-13-6-5-12-10-19-21-15(12)9-13/h1-10H,(H,19,21)(H2,18,20,22)/b8-7+. The summed E-state index contributed by atoms with van der Waals surface area (Å²) in [6.45, 7) is 0. The number of amides is 2. The first-order chi connectivity index (χ1) is 10.7. The van der Waals surface area contributed by atoms with E-state index in [2.05, 4.69) is 20.8 Å². The molecule has 0 unspecified atom stereocenters. The quantitative estimate of drug-likeness (QED) is 0.684. The Kier molecular flexibility index (Phi) is 4.07. The van der Waals surface area contributed by atoms with Gasteiger partial charge in [-0.1, -0.05) is 29.8 Å². The molecule has 3 aromatic rings. The molecule has 0 aliphatic heterocycles. The smallest absolute Gasteiger partial charge is 0.314 e. The summed E-state index contributed by atoms with van der Waals surface area (Å²) in [4.78, 5) is 11.8. The molecule has 2 aromatic carbocycles. The van der Waals surface area contributed by atoms with Crippen LogP contribution in [0.25, 0.3) is 17.0 Å². The van der Waals surface area contributed by atoms with E-state index in [4.69, 9.17) is 11.6 Å². The monoisotopic (exact) mass is 312 g/mol. The molecule has 0 radical (unpaired) electrons. The fraction of sp³-hybridized carbons (Fsp3) is 0. The van der Waals surface area contributed by atoms with Crippen LogP contribution in [0.15, 0.2) is 54.9 Å². The molecule has 6 heteroatoms. The lowest BCUT2D eigenvalue weighted by Gasteiger charge is -2.04. The summed E-state index contributed by atoms with van der Waals surface area (Å²) >= 11 is 6.03. The van der Waals surface area contributed by atoms with Gasteiger partial charge in [0.05, 0.1) is 11.7 Å². The molecule has 0 atom stereocenters. The van der Waals surface area contributed by atoms with Crippen molar-refractivity contribution in [1.82, 2.24) is 15.5 Å². The Labute approximate surface area is 132 Å². The van der Waals surface area contributed by atoms with Gasteiger partial charge in [-0.05, 0) is 35.9 Å². The minimum Gasteiger partial charge on any atom is -0.314 e. The molecule has 2 amide bonds.